The largest absolute Gasteiger partial charge is 0 e. The molecule has 0 aromatic rings. The summed E-state index contributed by atoms with van der Waals surface area (Å²) in [5.41, 5.74) is 0. The first-order valence-electron chi connectivity index (χ1n) is 0.333. The van der Waals surface area contributed by atoms with Crippen molar-refractivity contribution in [1.29, 1.82) is 0 Å². The van der Waals surface area contributed by atoms with E-state index in [4.69, 9.17) is 0 Å². The van der Waals surface area contributed by atoms with Crippen LogP contribution in [-0.2, 0) is 17.1 Å². The van der Waals surface area contributed by atoms with Crippen LogP contribution in [0.15, 0.2) is 0 Å². The van der Waals surface area contributed by atoms with Crippen molar-refractivity contribution in [2.75, 3.05) is 0 Å². The van der Waals surface area contributed by atoms with Gasteiger partial charge in [-0.25, -0.2) is 0 Å². The average Bonchev–Trinajstić information content (AvgIpc) is 0.918. The smallest absolute Gasteiger partial charge is 0 e. The van der Waals surface area contributed by atoms with E-state index >= 15 is 0 Å². The second kappa shape index (κ2) is 16.2. The molecule has 5 heteroatoms. The molecule has 0 aliphatic rings. The second-order valence-corrected chi connectivity index (χ2v) is 3.18. The molecule has 0 atom stereocenters. The maximum atomic E-state index is 4.27. The maximum absolute atomic E-state index is 4.27. The van der Waals surface area contributed by atoms with E-state index in [0.717, 1.165) is 0 Å². The molecule has 0 aliphatic heterocycles. The molecule has 0 amide bonds. The third kappa shape index (κ3) is 21.8. The Morgan fingerprint density at radius 3 is 1.20 bits per heavy atom. The van der Waals surface area contributed by atoms with Crippen LogP contribution >= 0.6 is 21.1 Å². The molecule has 32 valence electrons. The van der Waals surface area contributed by atoms with Crippen molar-refractivity contribution >= 4 is 58.6 Å². The van der Waals surface area contributed by atoms with Crippen LogP contribution < -0.4 is 0 Å². The fourth-order valence-electron chi connectivity index (χ4n) is 0. The van der Waals surface area contributed by atoms with Crippen LogP contribution in [-0.4, -0.2) is 37.5 Å². The summed E-state index contributed by atoms with van der Waals surface area (Å²) in [6.45, 7) is 0. The van der Waals surface area contributed by atoms with Gasteiger partial charge in [0, 0.05) is 42.9 Å². The van der Waals surface area contributed by atoms with Crippen molar-refractivity contribution in [3.8, 4) is 0 Å². The van der Waals surface area contributed by atoms with E-state index in [1.807, 2.05) is 0 Å². The van der Waals surface area contributed by atoms with E-state index < -0.39 is 0 Å². The van der Waals surface area contributed by atoms with Gasteiger partial charge < -0.3 is 0 Å². The molecule has 0 heterocycles. The van der Waals surface area contributed by atoms with Crippen molar-refractivity contribution in [3.63, 3.8) is 0 Å². The molecular formula is CuInS2Se. The standard InChI is InChI=1S/Cu.In.S2Se/c;;1-3-2. The first-order valence-corrected chi connectivity index (χ1v) is 5.20. The topological polar surface area (TPSA) is 0 Å². The Hall–Kier alpha value is 2.35. The molecule has 5 heavy (non-hydrogen) atoms. The van der Waals surface area contributed by atoms with Gasteiger partial charge in [0.05, 0.1) is 0 Å². The van der Waals surface area contributed by atoms with Crippen molar-refractivity contribution in [1.82, 2.24) is 0 Å². The van der Waals surface area contributed by atoms with E-state index in [9.17, 15) is 0 Å². The second-order valence-electron chi connectivity index (χ2n) is 0.0680. The first kappa shape index (κ1) is 15.7. The Labute approximate surface area is 74.6 Å². The minimum absolute atomic E-state index is 0. The van der Waals surface area contributed by atoms with Gasteiger partial charge in [0.2, 0.25) is 0 Å². The predicted octanol–water partition coefficient (Wildman–Crippen LogP) is 0.532. The predicted molar refractivity (Wildman–Crippen MR) is 26.7 cm³/mol. The SMILES string of the molecule is S=[Se]=S.[Cu].[In]. The summed E-state index contributed by atoms with van der Waals surface area (Å²) in [4.78, 5) is 0. The summed E-state index contributed by atoms with van der Waals surface area (Å²) in [5, 5.41) is 0. The fraction of sp³-hybridized carbons (Fsp3) is 0. The van der Waals surface area contributed by atoms with Gasteiger partial charge in [-0.3, -0.25) is 0 Å². The molecule has 0 bridgehead atoms. The molecule has 0 nitrogen and oxygen atoms in total. The summed E-state index contributed by atoms with van der Waals surface area (Å²) >= 11 is 0.0417. The van der Waals surface area contributed by atoms with Gasteiger partial charge >= 0.3 is 32.8 Å². The molecule has 0 fully saturated rings. The van der Waals surface area contributed by atoms with Gasteiger partial charge in [-0.1, -0.05) is 0 Å². The Morgan fingerprint density at radius 2 is 1.20 bits per heavy atom. The molecule has 0 unspecified atom stereocenters. The van der Waals surface area contributed by atoms with Crippen LogP contribution in [0.5, 0.6) is 0 Å². The molecule has 0 aliphatic carbocycles. The summed E-state index contributed by atoms with van der Waals surface area (Å²) in [5.74, 6) is 0. The van der Waals surface area contributed by atoms with Crippen LogP contribution in [0.3, 0.4) is 0 Å². The Bertz CT molecular complexity index is 30.6. The number of hydrogen-bond donors (Lipinski definition) is 0. The maximum Gasteiger partial charge on any atom is 0 e. The minimum Gasteiger partial charge on any atom is 0 e. The quantitative estimate of drug-likeness (QED) is 0.597. The summed E-state index contributed by atoms with van der Waals surface area (Å²) in [6.07, 6.45) is 0. The van der Waals surface area contributed by atoms with Crippen molar-refractivity contribution in [2.24, 2.45) is 0 Å². The zero-order chi connectivity index (χ0) is 2.71. The summed E-state index contributed by atoms with van der Waals surface area (Å²) in [6, 6.07) is 0. The van der Waals surface area contributed by atoms with Crippen LogP contribution in [0.1, 0.15) is 0 Å². The Balaban J connectivity index is -0.0000000200. The zero-order valence-electron chi connectivity index (χ0n) is 2.10. The van der Waals surface area contributed by atoms with Gasteiger partial charge in [0.1, 0.15) is 0 Å². The van der Waals surface area contributed by atoms with Gasteiger partial charge in [-0.05, 0) is 0 Å². The molecule has 0 saturated carbocycles. The molecule has 0 spiro atoms. The van der Waals surface area contributed by atoms with Gasteiger partial charge in [0.25, 0.3) is 0 Å². The molecule has 0 aromatic heterocycles. The van der Waals surface area contributed by atoms with Crippen LogP contribution in [0.2, 0.25) is 0 Å². The third-order valence-electron chi connectivity index (χ3n) is 0. The molecule has 0 rings (SSSR count). The molecule has 0 aromatic carbocycles. The van der Waals surface area contributed by atoms with E-state index in [0.29, 0.717) is 0 Å². The summed E-state index contributed by atoms with van der Waals surface area (Å²) < 4.78 is 0. The van der Waals surface area contributed by atoms with Gasteiger partial charge in [0.15, 0.2) is 0 Å². The van der Waals surface area contributed by atoms with E-state index in [1.54, 1.807) is 0 Å². The Kier molecular flexibility index (Phi) is 50.7. The third-order valence-corrected chi connectivity index (χ3v) is 0. The first-order chi connectivity index (χ1) is 1.41. The van der Waals surface area contributed by atoms with Crippen LogP contribution in [0.4, 0.5) is 0 Å². The summed E-state index contributed by atoms with van der Waals surface area (Å²) in [7, 11) is 8.54. The van der Waals surface area contributed by atoms with Crippen molar-refractivity contribution < 1.29 is 17.1 Å². The molecule has 0 N–H and O–H groups in total. The number of hydrogen-bond acceptors (Lipinski definition) is 2. The van der Waals surface area contributed by atoms with E-state index in [-0.39, 0.29) is 54.6 Å². The van der Waals surface area contributed by atoms with Crippen molar-refractivity contribution in [2.45, 2.75) is 0 Å². The van der Waals surface area contributed by atoms with Gasteiger partial charge in [-0.15, -0.1) is 0 Å². The average molecular weight is 321 g/mol. The molecular weight excluding hydrogens is 321 g/mol. The molecule has 0 saturated heterocycles. The van der Waals surface area contributed by atoms with Crippen LogP contribution in [0, 0.1) is 0 Å². The number of rotatable bonds is 0. The van der Waals surface area contributed by atoms with Gasteiger partial charge in [-0.2, -0.15) is 0 Å². The monoisotopic (exact) mass is 322 g/mol. The Morgan fingerprint density at radius 1 is 1.20 bits per heavy atom. The molecule has 4 radical (unpaired) electrons. The van der Waals surface area contributed by atoms with Crippen LogP contribution in [0.25, 0.3) is 0 Å². The van der Waals surface area contributed by atoms with E-state index in [2.05, 4.69) is 21.1 Å². The zero-order valence-corrected chi connectivity index (χ0v) is 9.69. The fourth-order valence-corrected chi connectivity index (χ4v) is 0. The van der Waals surface area contributed by atoms with E-state index in [1.165, 1.54) is 0 Å². The normalized spacial score (nSPS) is 2.40. The van der Waals surface area contributed by atoms with Crippen molar-refractivity contribution in [3.05, 3.63) is 0 Å². The minimum atomic E-state index is 0.